The minimum Gasteiger partial charge on any atom is -0.492 e. The third-order valence-corrected chi connectivity index (χ3v) is 6.27. The van der Waals surface area contributed by atoms with Crippen LogP contribution in [0.15, 0.2) is 27.8 Å². The first-order valence-electron chi connectivity index (χ1n) is 8.39. The summed E-state index contributed by atoms with van der Waals surface area (Å²) in [6.45, 7) is 2.02. The number of ether oxygens (including phenoxy) is 1. The average Bonchev–Trinajstić information content (AvgIpc) is 3.01. The number of aromatic hydroxyl groups is 1. The van der Waals surface area contributed by atoms with Crippen molar-refractivity contribution in [2.45, 2.75) is 43.7 Å². The summed E-state index contributed by atoms with van der Waals surface area (Å²) in [5.41, 5.74) is 1.58. The zero-order valence-corrected chi connectivity index (χ0v) is 17.0. The van der Waals surface area contributed by atoms with Gasteiger partial charge in [-0.25, -0.2) is 18.1 Å². The first-order valence-corrected chi connectivity index (χ1v) is 10.7. The smallest absolute Gasteiger partial charge is 0.327 e. The minimum atomic E-state index is -3.85. The molecule has 0 bridgehead atoms. The van der Waals surface area contributed by atoms with E-state index in [1.54, 1.807) is 17.8 Å². The summed E-state index contributed by atoms with van der Waals surface area (Å²) < 4.78 is 34.7. The Labute approximate surface area is 164 Å². The molecule has 9 nitrogen and oxygen atoms in total. The van der Waals surface area contributed by atoms with Crippen LogP contribution in [0, 0.1) is 0 Å². The first kappa shape index (κ1) is 19.8. The molecule has 0 spiro atoms. The molecule has 0 saturated heterocycles. The second-order valence-corrected chi connectivity index (χ2v) is 8.62. The Kier molecular flexibility index (Phi) is 5.82. The second kappa shape index (κ2) is 7.95. The molecule has 2 aromatic heterocycles. The van der Waals surface area contributed by atoms with Crippen molar-refractivity contribution in [1.82, 2.24) is 19.5 Å². The molecule has 1 aliphatic carbocycles. The van der Waals surface area contributed by atoms with Crippen LogP contribution in [0.3, 0.4) is 0 Å². The minimum absolute atomic E-state index is 0.00251. The van der Waals surface area contributed by atoms with E-state index in [0.29, 0.717) is 19.4 Å². The summed E-state index contributed by atoms with van der Waals surface area (Å²) in [5.74, 6) is -0.666. The van der Waals surface area contributed by atoms with E-state index in [-0.39, 0.29) is 27.8 Å². The van der Waals surface area contributed by atoms with Crippen LogP contribution in [-0.2, 0) is 32.5 Å². The fourth-order valence-electron chi connectivity index (χ4n) is 3.02. The molecule has 2 aromatic rings. The molecule has 11 heteroatoms. The predicted octanol–water partition coefficient (Wildman–Crippen LogP) is 1.67. The van der Waals surface area contributed by atoms with Crippen LogP contribution in [0.25, 0.3) is 0 Å². The predicted molar refractivity (Wildman–Crippen MR) is 98.5 cm³/mol. The van der Waals surface area contributed by atoms with Gasteiger partial charge < -0.3 is 9.84 Å². The summed E-state index contributed by atoms with van der Waals surface area (Å²) in [6, 6.07) is 0.834. The maximum Gasteiger partial charge on any atom is 0.327 e. The maximum atomic E-state index is 12.7. The SMILES string of the molecule is CCOC(=O)Cn1ncc2c1CCCC2NS(=O)(=O)c1cnc(O)c(Br)c1. The Morgan fingerprint density at radius 3 is 2.96 bits per heavy atom. The van der Waals surface area contributed by atoms with Crippen molar-refractivity contribution in [3.05, 3.63) is 34.2 Å². The topological polar surface area (TPSA) is 123 Å². The molecule has 27 heavy (non-hydrogen) atoms. The zero-order valence-electron chi connectivity index (χ0n) is 14.6. The van der Waals surface area contributed by atoms with Gasteiger partial charge in [-0.1, -0.05) is 0 Å². The zero-order chi connectivity index (χ0) is 19.6. The van der Waals surface area contributed by atoms with E-state index < -0.39 is 16.1 Å². The maximum absolute atomic E-state index is 12.7. The Bertz CT molecular complexity index is 960. The van der Waals surface area contributed by atoms with Gasteiger partial charge >= 0.3 is 5.97 Å². The van der Waals surface area contributed by atoms with E-state index >= 15 is 0 Å². The standard InChI is InChI=1S/C16H19BrN4O5S/c1-2-26-15(22)9-21-14-5-3-4-13(11(14)8-19-21)20-27(24,25)10-6-12(17)16(23)18-7-10/h6-8,13,20H,2-5,9H2,1H3,(H,18,23). The summed E-state index contributed by atoms with van der Waals surface area (Å²) in [5, 5.41) is 13.7. The summed E-state index contributed by atoms with van der Waals surface area (Å²) >= 11 is 3.07. The second-order valence-electron chi connectivity index (χ2n) is 6.05. The van der Waals surface area contributed by atoms with E-state index in [9.17, 15) is 18.3 Å². The molecule has 0 fully saturated rings. The van der Waals surface area contributed by atoms with Crippen molar-refractivity contribution in [2.24, 2.45) is 0 Å². The van der Waals surface area contributed by atoms with Gasteiger partial charge in [-0.15, -0.1) is 0 Å². The van der Waals surface area contributed by atoms with Gasteiger partial charge in [0.15, 0.2) is 0 Å². The number of halogens is 1. The Morgan fingerprint density at radius 1 is 1.48 bits per heavy atom. The molecule has 0 radical (unpaired) electrons. The highest BCUT2D eigenvalue weighted by molar-refractivity contribution is 9.10. The van der Waals surface area contributed by atoms with Crippen molar-refractivity contribution < 1.29 is 23.1 Å². The van der Waals surface area contributed by atoms with E-state index in [0.717, 1.165) is 23.9 Å². The van der Waals surface area contributed by atoms with Crippen molar-refractivity contribution in [2.75, 3.05) is 6.61 Å². The van der Waals surface area contributed by atoms with Crippen LogP contribution in [-0.4, -0.2) is 40.9 Å². The number of carbonyl (C=O) groups excluding carboxylic acids is 1. The van der Waals surface area contributed by atoms with Gasteiger partial charge in [-0.2, -0.15) is 5.10 Å². The highest BCUT2D eigenvalue weighted by Gasteiger charge is 2.29. The number of nitrogens with one attached hydrogen (secondary N) is 1. The number of fused-ring (bicyclic) bond motifs is 1. The molecule has 1 atom stereocenters. The van der Waals surface area contributed by atoms with Crippen LogP contribution in [0.4, 0.5) is 0 Å². The van der Waals surface area contributed by atoms with Crippen LogP contribution >= 0.6 is 15.9 Å². The van der Waals surface area contributed by atoms with Crippen LogP contribution in [0.5, 0.6) is 5.88 Å². The monoisotopic (exact) mass is 458 g/mol. The molecular weight excluding hydrogens is 440 g/mol. The number of carbonyl (C=O) groups is 1. The molecule has 1 aliphatic rings. The number of nitrogens with zero attached hydrogens (tertiary/aromatic N) is 3. The highest BCUT2D eigenvalue weighted by atomic mass is 79.9. The van der Waals surface area contributed by atoms with Crippen molar-refractivity contribution in [1.29, 1.82) is 0 Å². The molecule has 2 N–H and O–H groups in total. The van der Waals surface area contributed by atoms with Crippen LogP contribution in [0.2, 0.25) is 0 Å². The molecule has 0 amide bonds. The Hall–Kier alpha value is -1.98. The van der Waals surface area contributed by atoms with Gasteiger partial charge in [-0.3, -0.25) is 9.48 Å². The van der Waals surface area contributed by atoms with Gasteiger partial charge in [0.05, 0.1) is 29.5 Å². The summed E-state index contributed by atoms with van der Waals surface area (Å²) in [7, 11) is -3.85. The van der Waals surface area contributed by atoms with Gasteiger partial charge in [0, 0.05) is 11.3 Å². The number of aromatic nitrogens is 3. The lowest BCUT2D eigenvalue weighted by Crippen LogP contribution is -2.31. The summed E-state index contributed by atoms with van der Waals surface area (Å²) in [4.78, 5) is 15.3. The van der Waals surface area contributed by atoms with Gasteiger partial charge in [0.25, 0.3) is 0 Å². The molecule has 2 heterocycles. The van der Waals surface area contributed by atoms with Crippen molar-refractivity contribution in [3.63, 3.8) is 0 Å². The number of esters is 1. The fraction of sp³-hybridized carbons (Fsp3) is 0.438. The lowest BCUT2D eigenvalue weighted by Gasteiger charge is -2.24. The van der Waals surface area contributed by atoms with Crippen LogP contribution in [0.1, 0.15) is 37.1 Å². The van der Waals surface area contributed by atoms with Crippen molar-refractivity contribution in [3.8, 4) is 5.88 Å². The van der Waals surface area contributed by atoms with Gasteiger partial charge in [-0.05, 0) is 48.2 Å². The molecule has 146 valence electrons. The average molecular weight is 459 g/mol. The molecular formula is C16H19BrN4O5S. The molecule has 0 saturated carbocycles. The van der Waals surface area contributed by atoms with Crippen LogP contribution < -0.4 is 4.72 Å². The lowest BCUT2D eigenvalue weighted by atomic mass is 9.94. The van der Waals surface area contributed by atoms with Gasteiger partial charge in [0.1, 0.15) is 11.4 Å². The fourth-order valence-corrected chi connectivity index (χ4v) is 4.74. The number of sulfonamides is 1. The lowest BCUT2D eigenvalue weighted by molar-refractivity contribution is -0.144. The van der Waals surface area contributed by atoms with E-state index in [4.69, 9.17) is 4.74 Å². The Balaban J connectivity index is 1.82. The number of hydrogen-bond donors (Lipinski definition) is 2. The Morgan fingerprint density at radius 2 is 2.26 bits per heavy atom. The normalized spacial score (nSPS) is 16.7. The third kappa shape index (κ3) is 4.30. The van der Waals surface area contributed by atoms with E-state index in [2.05, 4.69) is 30.7 Å². The van der Waals surface area contributed by atoms with Gasteiger partial charge in [0.2, 0.25) is 15.9 Å². The van der Waals surface area contributed by atoms with E-state index in [1.807, 2.05) is 0 Å². The quantitative estimate of drug-likeness (QED) is 0.630. The van der Waals surface area contributed by atoms with Crippen molar-refractivity contribution >= 4 is 31.9 Å². The summed E-state index contributed by atoms with van der Waals surface area (Å²) in [6.07, 6.45) is 4.76. The van der Waals surface area contributed by atoms with E-state index in [1.165, 1.54) is 6.07 Å². The number of pyridine rings is 1. The molecule has 0 aliphatic heterocycles. The number of rotatable bonds is 6. The molecule has 0 aromatic carbocycles. The highest BCUT2D eigenvalue weighted by Crippen LogP contribution is 2.31. The number of hydrogen-bond acceptors (Lipinski definition) is 7. The third-order valence-electron chi connectivity index (χ3n) is 4.25. The molecule has 1 unspecified atom stereocenters. The first-order chi connectivity index (χ1) is 12.8. The largest absolute Gasteiger partial charge is 0.492 e. The molecule has 3 rings (SSSR count).